The Kier molecular flexibility index (Phi) is 5.43. The van der Waals surface area contributed by atoms with Crippen LogP contribution in [0.5, 0.6) is 5.75 Å². The summed E-state index contributed by atoms with van der Waals surface area (Å²) in [6.07, 6.45) is 3.36. The van der Waals surface area contributed by atoms with E-state index in [4.69, 9.17) is 10.5 Å². The summed E-state index contributed by atoms with van der Waals surface area (Å²) in [4.78, 5) is 11.6. The fourth-order valence-electron chi connectivity index (χ4n) is 1.98. The summed E-state index contributed by atoms with van der Waals surface area (Å²) >= 11 is 3.45. The van der Waals surface area contributed by atoms with Crippen molar-refractivity contribution in [2.75, 3.05) is 6.61 Å². The van der Waals surface area contributed by atoms with E-state index in [1.807, 2.05) is 25.1 Å². The lowest BCUT2D eigenvalue weighted by molar-refractivity contribution is -0.121. The van der Waals surface area contributed by atoms with Crippen molar-refractivity contribution in [3.8, 4) is 5.75 Å². The Bertz CT molecular complexity index is 473. The molecule has 1 aliphatic rings. The summed E-state index contributed by atoms with van der Waals surface area (Å²) in [6.45, 7) is 2.36. The van der Waals surface area contributed by atoms with Crippen LogP contribution >= 0.6 is 15.9 Å². The van der Waals surface area contributed by atoms with Gasteiger partial charge < -0.3 is 15.8 Å². The van der Waals surface area contributed by atoms with Crippen molar-refractivity contribution in [1.29, 1.82) is 0 Å². The van der Waals surface area contributed by atoms with Gasteiger partial charge in [-0.2, -0.15) is 0 Å². The molecule has 5 heteroatoms. The molecule has 4 nitrogen and oxygen atoms in total. The maximum Gasteiger partial charge on any atom is 0.223 e. The molecule has 1 saturated carbocycles. The van der Waals surface area contributed by atoms with Gasteiger partial charge in [-0.25, -0.2) is 0 Å². The number of nitrogens with two attached hydrogens (primary N) is 1. The van der Waals surface area contributed by atoms with Gasteiger partial charge in [0.05, 0.1) is 13.0 Å². The summed E-state index contributed by atoms with van der Waals surface area (Å²) in [7, 11) is 0. The zero-order valence-electron chi connectivity index (χ0n) is 11.7. The van der Waals surface area contributed by atoms with Gasteiger partial charge in [0.15, 0.2) is 0 Å². The summed E-state index contributed by atoms with van der Waals surface area (Å²) in [5, 5.41) is 2.95. The Morgan fingerprint density at radius 1 is 1.55 bits per heavy atom. The Morgan fingerprint density at radius 2 is 2.30 bits per heavy atom. The smallest absolute Gasteiger partial charge is 0.223 e. The highest BCUT2D eigenvalue weighted by Crippen LogP contribution is 2.24. The normalized spacial score (nSPS) is 15.8. The Hall–Kier alpha value is -1.07. The highest BCUT2D eigenvalue weighted by Gasteiger charge is 2.22. The number of halogens is 1. The van der Waals surface area contributed by atoms with Gasteiger partial charge in [-0.3, -0.25) is 4.79 Å². The first-order chi connectivity index (χ1) is 9.54. The van der Waals surface area contributed by atoms with Crippen LogP contribution in [0.4, 0.5) is 0 Å². The fourth-order valence-corrected chi connectivity index (χ4v) is 2.38. The SMILES string of the molecule is CC(N)Cc1cc(Br)ccc1OCCC(=O)NC1CC1. The van der Waals surface area contributed by atoms with Crippen LogP contribution in [-0.4, -0.2) is 24.6 Å². The molecule has 0 aliphatic heterocycles. The van der Waals surface area contributed by atoms with E-state index in [0.717, 1.165) is 35.0 Å². The van der Waals surface area contributed by atoms with Crippen LogP contribution in [-0.2, 0) is 11.2 Å². The van der Waals surface area contributed by atoms with E-state index in [2.05, 4.69) is 21.2 Å². The van der Waals surface area contributed by atoms with Crippen molar-refractivity contribution in [2.45, 2.75) is 44.7 Å². The van der Waals surface area contributed by atoms with Crippen LogP contribution in [0.25, 0.3) is 0 Å². The molecule has 2 rings (SSSR count). The summed E-state index contributed by atoms with van der Waals surface area (Å²) in [5.74, 6) is 0.878. The molecule has 1 aliphatic carbocycles. The van der Waals surface area contributed by atoms with Gasteiger partial charge in [0.1, 0.15) is 5.75 Å². The van der Waals surface area contributed by atoms with E-state index in [1.165, 1.54) is 0 Å². The number of benzene rings is 1. The predicted molar refractivity (Wildman–Crippen MR) is 82.8 cm³/mol. The summed E-state index contributed by atoms with van der Waals surface area (Å²) in [5.41, 5.74) is 6.91. The number of nitrogens with one attached hydrogen (secondary N) is 1. The van der Waals surface area contributed by atoms with Gasteiger partial charge in [0, 0.05) is 16.6 Å². The second-order valence-electron chi connectivity index (χ2n) is 5.37. The van der Waals surface area contributed by atoms with Crippen molar-refractivity contribution < 1.29 is 9.53 Å². The number of ether oxygens (including phenoxy) is 1. The van der Waals surface area contributed by atoms with Gasteiger partial charge in [-0.1, -0.05) is 15.9 Å². The average Bonchev–Trinajstić information content (AvgIpc) is 3.15. The molecule has 3 N–H and O–H groups in total. The molecule has 1 amide bonds. The zero-order chi connectivity index (χ0) is 14.5. The molecule has 110 valence electrons. The Morgan fingerprint density at radius 3 is 2.95 bits per heavy atom. The van der Waals surface area contributed by atoms with Crippen molar-refractivity contribution >= 4 is 21.8 Å². The van der Waals surface area contributed by atoms with Gasteiger partial charge in [0.25, 0.3) is 0 Å². The molecule has 20 heavy (non-hydrogen) atoms. The van der Waals surface area contributed by atoms with Crippen molar-refractivity contribution in [1.82, 2.24) is 5.32 Å². The lowest BCUT2D eigenvalue weighted by atomic mass is 10.1. The first kappa shape index (κ1) is 15.3. The standard InChI is InChI=1S/C15H21BrN2O2/c1-10(17)8-11-9-12(16)2-5-14(11)20-7-6-15(19)18-13-3-4-13/h2,5,9-10,13H,3-4,6-8,17H2,1H3,(H,18,19). The summed E-state index contributed by atoms with van der Waals surface area (Å²) < 4.78 is 6.73. The van der Waals surface area contributed by atoms with Gasteiger partial charge in [0.2, 0.25) is 5.91 Å². The molecular weight excluding hydrogens is 320 g/mol. The molecule has 0 aromatic heterocycles. The average molecular weight is 341 g/mol. The topological polar surface area (TPSA) is 64.3 Å². The van der Waals surface area contributed by atoms with Gasteiger partial charge in [-0.15, -0.1) is 0 Å². The lowest BCUT2D eigenvalue weighted by Gasteiger charge is -2.13. The molecule has 0 spiro atoms. The molecular formula is C15H21BrN2O2. The molecule has 1 unspecified atom stereocenters. The predicted octanol–water partition coefficient (Wildman–Crippen LogP) is 2.39. The fraction of sp³-hybridized carbons (Fsp3) is 0.533. The maximum atomic E-state index is 11.6. The molecule has 1 aromatic rings. The van der Waals surface area contributed by atoms with E-state index in [0.29, 0.717) is 19.1 Å². The van der Waals surface area contributed by atoms with Crippen LogP contribution in [0, 0.1) is 0 Å². The summed E-state index contributed by atoms with van der Waals surface area (Å²) in [6, 6.07) is 6.35. The number of hydrogen-bond acceptors (Lipinski definition) is 3. The third-order valence-corrected chi connectivity index (χ3v) is 3.59. The maximum absolute atomic E-state index is 11.6. The second-order valence-corrected chi connectivity index (χ2v) is 6.29. The van der Waals surface area contributed by atoms with Crippen LogP contribution in [0.15, 0.2) is 22.7 Å². The lowest BCUT2D eigenvalue weighted by Crippen LogP contribution is -2.26. The van der Waals surface area contributed by atoms with Crippen molar-refractivity contribution in [2.24, 2.45) is 5.73 Å². The third kappa shape index (κ3) is 5.13. The van der Waals surface area contributed by atoms with Gasteiger partial charge in [-0.05, 0) is 49.9 Å². The Balaban J connectivity index is 1.85. The number of amides is 1. The number of rotatable bonds is 7. The Labute approximate surface area is 128 Å². The molecule has 1 atom stereocenters. The monoisotopic (exact) mass is 340 g/mol. The van der Waals surface area contributed by atoms with E-state index in [-0.39, 0.29) is 11.9 Å². The van der Waals surface area contributed by atoms with Crippen LogP contribution < -0.4 is 15.8 Å². The number of carbonyl (C=O) groups is 1. The first-order valence-corrected chi connectivity index (χ1v) is 7.80. The van der Waals surface area contributed by atoms with Crippen molar-refractivity contribution in [3.63, 3.8) is 0 Å². The minimum Gasteiger partial charge on any atom is -0.493 e. The van der Waals surface area contributed by atoms with E-state index >= 15 is 0 Å². The van der Waals surface area contributed by atoms with Crippen molar-refractivity contribution in [3.05, 3.63) is 28.2 Å². The van der Waals surface area contributed by atoms with Crippen LogP contribution in [0.2, 0.25) is 0 Å². The number of hydrogen-bond donors (Lipinski definition) is 2. The highest BCUT2D eigenvalue weighted by molar-refractivity contribution is 9.10. The zero-order valence-corrected chi connectivity index (χ0v) is 13.3. The third-order valence-electron chi connectivity index (χ3n) is 3.09. The molecule has 1 aromatic carbocycles. The number of carbonyl (C=O) groups excluding carboxylic acids is 1. The highest BCUT2D eigenvalue weighted by atomic mass is 79.9. The second kappa shape index (κ2) is 7.09. The first-order valence-electron chi connectivity index (χ1n) is 7.01. The largest absolute Gasteiger partial charge is 0.493 e. The molecule has 0 radical (unpaired) electrons. The van der Waals surface area contributed by atoms with Crippen LogP contribution in [0.1, 0.15) is 31.7 Å². The quantitative estimate of drug-likeness (QED) is 0.800. The minimum absolute atomic E-state index is 0.0679. The van der Waals surface area contributed by atoms with Crippen LogP contribution in [0.3, 0.4) is 0 Å². The van der Waals surface area contributed by atoms with E-state index in [9.17, 15) is 4.79 Å². The van der Waals surface area contributed by atoms with E-state index < -0.39 is 0 Å². The molecule has 1 fully saturated rings. The molecule has 0 heterocycles. The van der Waals surface area contributed by atoms with E-state index in [1.54, 1.807) is 0 Å². The minimum atomic E-state index is 0.0679. The molecule has 0 saturated heterocycles. The molecule has 0 bridgehead atoms. The van der Waals surface area contributed by atoms with Gasteiger partial charge >= 0.3 is 0 Å².